The maximum absolute atomic E-state index is 13.9. The molecule has 0 bridgehead atoms. The highest BCUT2D eigenvalue weighted by atomic mass is 31.2. The van der Waals surface area contributed by atoms with Gasteiger partial charge in [-0.15, -0.1) is 0 Å². The van der Waals surface area contributed by atoms with Crippen molar-refractivity contribution in [1.29, 1.82) is 0 Å². The van der Waals surface area contributed by atoms with Gasteiger partial charge in [-0.3, -0.25) is 32.8 Å². The predicted octanol–water partition coefficient (Wildman–Crippen LogP) is 2.78. The highest BCUT2D eigenvalue weighted by Gasteiger charge is 2.55. The zero-order valence-corrected chi connectivity index (χ0v) is 31.6. The van der Waals surface area contributed by atoms with E-state index in [4.69, 9.17) is 33.0 Å². The van der Waals surface area contributed by atoms with E-state index in [1.54, 1.807) is 6.07 Å². The summed E-state index contributed by atoms with van der Waals surface area (Å²) < 4.78 is 50.6. The minimum absolute atomic E-state index is 0.0238. The van der Waals surface area contributed by atoms with Crippen LogP contribution >= 0.6 is 7.82 Å². The molecular formula is C36H34N7O13P. The number of pyridine rings is 2. The number of para-hydroxylation sites is 1. The summed E-state index contributed by atoms with van der Waals surface area (Å²) in [4.78, 5) is 92.6. The molecule has 57 heavy (non-hydrogen) atoms. The Labute approximate surface area is 321 Å². The predicted molar refractivity (Wildman–Crippen MR) is 194 cm³/mol. The zero-order valence-electron chi connectivity index (χ0n) is 30.7. The molecule has 1 saturated heterocycles. The first-order valence-corrected chi connectivity index (χ1v) is 19.2. The fourth-order valence-corrected chi connectivity index (χ4v) is 8.55. The molecule has 1 aromatic carbocycles. The lowest BCUT2D eigenvalue weighted by Gasteiger charge is -2.36. The molecule has 20 nitrogen and oxygen atoms in total. The van der Waals surface area contributed by atoms with Gasteiger partial charge in [-0.05, 0) is 24.6 Å². The second-order valence-electron chi connectivity index (χ2n) is 13.6. The van der Waals surface area contributed by atoms with Gasteiger partial charge < -0.3 is 33.7 Å². The van der Waals surface area contributed by atoms with Gasteiger partial charge in [-0.1, -0.05) is 25.1 Å². The third kappa shape index (κ3) is 6.64. The van der Waals surface area contributed by atoms with Gasteiger partial charge in [0.2, 0.25) is 11.5 Å². The third-order valence-corrected chi connectivity index (χ3v) is 10.9. The molecule has 7 heterocycles. The molecule has 1 amide bonds. The molecule has 0 saturated carbocycles. The number of hydrogen-bond acceptors (Lipinski definition) is 16. The number of anilines is 1. The van der Waals surface area contributed by atoms with Crippen molar-refractivity contribution >= 4 is 59.5 Å². The van der Waals surface area contributed by atoms with Gasteiger partial charge in [-0.2, -0.15) is 0 Å². The number of nitrogens with one attached hydrogen (secondary N) is 1. The van der Waals surface area contributed by atoms with Crippen molar-refractivity contribution in [3.63, 3.8) is 0 Å². The molecular weight excluding hydrogens is 769 g/mol. The van der Waals surface area contributed by atoms with E-state index in [0.29, 0.717) is 16.9 Å². The lowest BCUT2D eigenvalue weighted by atomic mass is 9.86. The smallest absolute Gasteiger partial charge is 0.458 e. The summed E-state index contributed by atoms with van der Waals surface area (Å²) in [6.45, 7) is 4.01. The van der Waals surface area contributed by atoms with Crippen molar-refractivity contribution in [2.75, 3.05) is 11.9 Å². The number of benzene rings is 1. The molecule has 5 aromatic rings. The quantitative estimate of drug-likeness (QED) is 0.115. The minimum Gasteiger partial charge on any atom is -0.458 e. The number of aromatic nitrogens is 6. The van der Waals surface area contributed by atoms with Crippen molar-refractivity contribution in [2.24, 2.45) is 0 Å². The Hall–Kier alpha value is -5.92. The maximum Gasteiger partial charge on any atom is 0.473 e. The van der Waals surface area contributed by atoms with Crippen molar-refractivity contribution in [3.05, 3.63) is 76.1 Å². The van der Waals surface area contributed by atoms with E-state index in [2.05, 4.69) is 20.3 Å². The Morgan fingerprint density at radius 3 is 2.54 bits per heavy atom. The molecule has 1 fully saturated rings. The lowest BCUT2D eigenvalue weighted by molar-refractivity contribution is -0.171. The third-order valence-electron chi connectivity index (χ3n) is 9.87. The van der Waals surface area contributed by atoms with Crippen molar-refractivity contribution in [3.8, 4) is 11.4 Å². The Kier molecular flexibility index (Phi) is 9.48. The van der Waals surface area contributed by atoms with Gasteiger partial charge in [0.15, 0.2) is 35.4 Å². The van der Waals surface area contributed by atoms with Crippen LogP contribution in [0.5, 0.6) is 0 Å². The first-order chi connectivity index (χ1) is 27.2. The Morgan fingerprint density at radius 1 is 1.05 bits per heavy atom. The average Bonchev–Trinajstić information content (AvgIpc) is 3.84. The van der Waals surface area contributed by atoms with Crippen LogP contribution in [0.25, 0.3) is 33.5 Å². The van der Waals surface area contributed by atoms with Crippen LogP contribution in [0.15, 0.2) is 53.8 Å². The van der Waals surface area contributed by atoms with Crippen LogP contribution in [0, 0.1) is 0 Å². The Bertz CT molecular complexity index is 2630. The summed E-state index contributed by atoms with van der Waals surface area (Å²) in [5.41, 5.74) is -0.0556. The van der Waals surface area contributed by atoms with Gasteiger partial charge in [0.25, 0.3) is 5.56 Å². The molecule has 6 unspecified atom stereocenters. The van der Waals surface area contributed by atoms with E-state index in [9.17, 15) is 33.4 Å². The van der Waals surface area contributed by atoms with Crippen LogP contribution in [-0.2, 0) is 70.5 Å². The first kappa shape index (κ1) is 38.0. The van der Waals surface area contributed by atoms with Gasteiger partial charge in [0.05, 0.1) is 41.9 Å². The van der Waals surface area contributed by atoms with Crippen LogP contribution in [0.2, 0.25) is 0 Å². The SMILES string of the molecule is CCC1(OP(=O)(O)OCC2OC(n3cnc4c(NC(C)=O)ncnc43)C(OC(C)=O)C2OC(C)=O)C(=O)OCc2c1cc1n(c2=O)Cc2cc3ccccc3nc2-1. The monoisotopic (exact) mass is 803 g/mol. The van der Waals surface area contributed by atoms with Crippen LogP contribution < -0.4 is 10.9 Å². The normalized spacial score (nSPS) is 23.3. The van der Waals surface area contributed by atoms with E-state index in [1.807, 2.05) is 30.3 Å². The zero-order chi connectivity index (χ0) is 40.4. The van der Waals surface area contributed by atoms with Crippen LogP contribution in [-0.4, -0.2) is 82.7 Å². The largest absolute Gasteiger partial charge is 0.473 e. The molecule has 21 heteroatoms. The second-order valence-corrected chi connectivity index (χ2v) is 14.9. The molecule has 0 spiro atoms. The number of nitrogens with zero attached hydrogens (tertiary/aromatic N) is 6. The molecule has 2 N–H and O–H groups in total. The highest BCUT2D eigenvalue weighted by Crippen LogP contribution is 2.54. The lowest BCUT2D eigenvalue weighted by Crippen LogP contribution is -2.46. The maximum atomic E-state index is 13.9. The van der Waals surface area contributed by atoms with E-state index < -0.39 is 80.6 Å². The highest BCUT2D eigenvalue weighted by molar-refractivity contribution is 7.47. The number of hydrogen-bond donors (Lipinski definition) is 2. The Balaban J connectivity index is 1.11. The molecule has 3 aliphatic heterocycles. The van der Waals surface area contributed by atoms with E-state index >= 15 is 0 Å². The summed E-state index contributed by atoms with van der Waals surface area (Å²) in [5.74, 6) is -2.96. The van der Waals surface area contributed by atoms with Crippen molar-refractivity contribution in [1.82, 2.24) is 29.1 Å². The summed E-state index contributed by atoms with van der Waals surface area (Å²) in [6, 6.07) is 10.9. The fraction of sp³-hybridized carbons (Fsp3) is 0.361. The number of imidazole rings is 1. The minimum atomic E-state index is -5.30. The molecule has 296 valence electrons. The Morgan fingerprint density at radius 2 is 1.81 bits per heavy atom. The number of cyclic esters (lactones) is 1. The van der Waals surface area contributed by atoms with E-state index in [1.165, 1.54) is 29.3 Å². The topological polar surface area (TPSA) is 251 Å². The number of carbonyl (C=O) groups is 4. The standard InChI is InChI=1S/C36H34N7O13P/c1-5-36(23-11-25-27-21(10-20-8-6-7-9-24(20)41-27)12-42(25)33(47)22(23)13-51-35(36)48)56-57(49,50)52-14-26-29(53-18(3)45)30(54-19(4)46)34(55-26)43-16-39-28-31(40-17(2)44)37-15-38-32(28)43/h6-11,15-16,26,29-30,34H,5,12-14H2,1-4H3,(H,49,50)(H,37,38,40,44). The van der Waals surface area contributed by atoms with Gasteiger partial charge in [0, 0.05) is 37.3 Å². The number of phosphoric ester groups is 1. The van der Waals surface area contributed by atoms with Crippen LogP contribution in [0.4, 0.5) is 5.82 Å². The molecule has 6 atom stereocenters. The molecule has 8 rings (SSSR count). The van der Waals surface area contributed by atoms with Gasteiger partial charge in [-0.25, -0.2) is 29.3 Å². The number of ether oxygens (including phenoxy) is 4. The number of fused-ring (bicyclic) bond motifs is 6. The first-order valence-electron chi connectivity index (χ1n) is 17.7. The van der Waals surface area contributed by atoms with Gasteiger partial charge in [0.1, 0.15) is 19.0 Å². The van der Waals surface area contributed by atoms with E-state index in [-0.39, 0.29) is 41.1 Å². The van der Waals surface area contributed by atoms with Gasteiger partial charge >= 0.3 is 25.7 Å². The number of esters is 3. The molecule has 4 aromatic heterocycles. The average molecular weight is 804 g/mol. The number of phosphoric acid groups is 1. The van der Waals surface area contributed by atoms with Crippen LogP contribution in [0.1, 0.15) is 57.0 Å². The molecule has 0 aliphatic carbocycles. The van der Waals surface area contributed by atoms with Crippen molar-refractivity contribution < 1.29 is 56.6 Å². The number of carbonyl (C=O) groups excluding carboxylic acids is 4. The fourth-order valence-electron chi connectivity index (χ4n) is 7.47. The second kappa shape index (κ2) is 14.2. The van der Waals surface area contributed by atoms with Crippen molar-refractivity contribution in [2.45, 2.75) is 77.4 Å². The van der Waals surface area contributed by atoms with Crippen LogP contribution in [0.3, 0.4) is 0 Å². The summed E-state index contributed by atoms with van der Waals surface area (Å²) >= 11 is 0. The molecule has 0 radical (unpaired) electrons. The molecule has 3 aliphatic rings. The number of rotatable bonds is 10. The summed E-state index contributed by atoms with van der Waals surface area (Å²) in [5, 5.41) is 3.42. The number of amides is 1. The van der Waals surface area contributed by atoms with E-state index in [0.717, 1.165) is 31.1 Å². The summed E-state index contributed by atoms with van der Waals surface area (Å²) in [7, 11) is -5.30. The summed E-state index contributed by atoms with van der Waals surface area (Å²) in [6.07, 6.45) is -3.32.